The quantitative estimate of drug-likeness (QED) is 0.683. The van der Waals surface area contributed by atoms with Crippen molar-refractivity contribution in [3.63, 3.8) is 0 Å². The van der Waals surface area contributed by atoms with Crippen LogP contribution >= 0.6 is 31.9 Å². The van der Waals surface area contributed by atoms with Gasteiger partial charge < -0.3 is 9.47 Å². The number of hydrogen-bond acceptors (Lipinski definition) is 2. The summed E-state index contributed by atoms with van der Waals surface area (Å²) in [5, 5.41) is 0. The van der Waals surface area contributed by atoms with Gasteiger partial charge in [-0.15, -0.1) is 0 Å². The number of hydrogen-bond donors (Lipinski definition) is 0. The summed E-state index contributed by atoms with van der Waals surface area (Å²) in [5.74, 6) is 0.576. The number of rotatable bonds is 5. The van der Waals surface area contributed by atoms with E-state index in [-0.39, 0.29) is 12.4 Å². The fourth-order valence-corrected chi connectivity index (χ4v) is 2.17. The molecule has 0 saturated carbocycles. The van der Waals surface area contributed by atoms with Crippen molar-refractivity contribution in [3.05, 3.63) is 57.2 Å². The summed E-state index contributed by atoms with van der Waals surface area (Å²) in [5.41, 5.74) is 0. The van der Waals surface area contributed by atoms with Crippen LogP contribution in [-0.2, 0) is 0 Å². The van der Waals surface area contributed by atoms with Gasteiger partial charge in [0.1, 0.15) is 19.0 Å². The summed E-state index contributed by atoms with van der Waals surface area (Å²) in [6, 6.07) is 12.2. The molecule has 2 aromatic rings. The Morgan fingerprint density at radius 3 is 2.37 bits per heavy atom. The molecule has 0 radical (unpaired) electrons. The van der Waals surface area contributed by atoms with Crippen LogP contribution in [0, 0.1) is 5.82 Å². The molecule has 2 rings (SSSR count). The molecule has 0 unspecified atom stereocenters. The second kappa shape index (κ2) is 6.91. The second-order valence-corrected chi connectivity index (χ2v) is 5.56. The molecule has 0 aliphatic rings. The van der Waals surface area contributed by atoms with E-state index < -0.39 is 5.82 Å². The van der Waals surface area contributed by atoms with E-state index in [0.29, 0.717) is 11.1 Å². The molecule has 0 N–H and O–H groups in total. The fraction of sp³-hybridized carbons (Fsp3) is 0.143. The van der Waals surface area contributed by atoms with Gasteiger partial charge in [-0.2, -0.15) is 0 Å². The first-order valence-electron chi connectivity index (χ1n) is 5.61. The summed E-state index contributed by atoms with van der Waals surface area (Å²) in [7, 11) is 0. The van der Waals surface area contributed by atoms with Crippen molar-refractivity contribution in [1.82, 2.24) is 0 Å². The minimum Gasteiger partial charge on any atom is -0.490 e. The van der Waals surface area contributed by atoms with Crippen LogP contribution in [0.4, 0.5) is 4.39 Å². The third-order valence-corrected chi connectivity index (χ3v) is 3.29. The summed E-state index contributed by atoms with van der Waals surface area (Å²) in [4.78, 5) is 0. The molecule has 2 nitrogen and oxygen atoms in total. The van der Waals surface area contributed by atoms with Crippen LogP contribution in [-0.4, -0.2) is 13.2 Å². The van der Waals surface area contributed by atoms with Crippen molar-refractivity contribution in [2.75, 3.05) is 13.2 Å². The average Bonchev–Trinajstić information content (AvgIpc) is 2.37. The van der Waals surface area contributed by atoms with Crippen LogP contribution < -0.4 is 9.47 Å². The number of ether oxygens (including phenoxy) is 2. The highest BCUT2D eigenvalue weighted by atomic mass is 79.9. The van der Waals surface area contributed by atoms with Gasteiger partial charge in [-0.25, -0.2) is 4.39 Å². The Balaban J connectivity index is 1.81. The Labute approximate surface area is 127 Å². The molecule has 2 aromatic carbocycles. The molecular formula is C14H11Br2FO2. The van der Waals surface area contributed by atoms with Crippen molar-refractivity contribution >= 4 is 31.9 Å². The van der Waals surface area contributed by atoms with Gasteiger partial charge in [-0.05, 0) is 36.4 Å². The van der Waals surface area contributed by atoms with E-state index in [1.165, 1.54) is 6.07 Å². The van der Waals surface area contributed by atoms with Crippen molar-refractivity contribution in [2.45, 2.75) is 0 Å². The molecule has 5 heteroatoms. The molecule has 0 heterocycles. The van der Waals surface area contributed by atoms with Crippen LogP contribution in [0.1, 0.15) is 0 Å². The largest absolute Gasteiger partial charge is 0.490 e. The second-order valence-electron chi connectivity index (χ2n) is 3.73. The van der Waals surface area contributed by atoms with Gasteiger partial charge in [0.2, 0.25) is 0 Å². The van der Waals surface area contributed by atoms with Crippen LogP contribution in [0.3, 0.4) is 0 Å². The van der Waals surface area contributed by atoms with Crippen LogP contribution in [0.15, 0.2) is 51.4 Å². The van der Waals surface area contributed by atoms with E-state index in [9.17, 15) is 4.39 Å². The molecule has 100 valence electrons. The Morgan fingerprint density at radius 1 is 0.895 bits per heavy atom. The van der Waals surface area contributed by atoms with Gasteiger partial charge in [0.05, 0.1) is 0 Å². The molecular weight excluding hydrogens is 379 g/mol. The lowest BCUT2D eigenvalue weighted by atomic mass is 10.3. The van der Waals surface area contributed by atoms with Crippen molar-refractivity contribution in [2.24, 2.45) is 0 Å². The fourth-order valence-electron chi connectivity index (χ4n) is 1.46. The maximum Gasteiger partial charge on any atom is 0.166 e. The monoisotopic (exact) mass is 388 g/mol. The Bertz CT molecular complexity index is 561. The summed E-state index contributed by atoms with van der Waals surface area (Å²) < 4.78 is 25.9. The minimum absolute atomic E-state index is 0.223. The Kier molecular flexibility index (Phi) is 5.22. The van der Waals surface area contributed by atoms with Gasteiger partial charge in [-0.1, -0.05) is 37.9 Å². The first-order valence-corrected chi connectivity index (χ1v) is 7.20. The third kappa shape index (κ3) is 4.51. The molecule has 0 spiro atoms. The lowest BCUT2D eigenvalue weighted by molar-refractivity contribution is 0.211. The van der Waals surface area contributed by atoms with Crippen molar-refractivity contribution in [3.8, 4) is 11.5 Å². The van der Waals surface area contributed by atoms with E-state index in [4.69, 9.17) is 9.47 Å². The van der Waals surface area contributed by atoms with Gasteiger partial charge in [0.25, 0.3) is 0 Å². The van der Waals surface area contributed by atoms with Crippen LogP contribution in [0.25, 0.3) is 0 Å². The molecule has 0 fully saturated rings. The minimum atomic E-state index is -0.392. The normalized spacial score (nSPS) is 10.3. The maximum absolute atomic E-state index is 13.5. The maximum atomic E-state index is 13.5. The zero-order valence-corrected chi connectivity index (χ0v) is 13.1. The third-order valence-electron chi connectivity index (χ3n) is 2.30. The number of benzene rings is 2. The van der Waals surface area contributed by atoms with Gasteiger partial charge in [0, 0.05) is 8.95 Å². The van der Waals surface area contributed by atoms with E-state index in [0.717, 1.165) is 10.2 Å². The molecule has 0 saturated heterocycles. The highest BCUT2D eigenvalue weighted by molar-refractivity contribution is 9.10. The molecule has 0 amide bonds. The molecule has 0 aliphatic heterocycles. The van der Waals surface area contributed by atoms with Crippen molar-refractivity contribution < 1.29 is 13.9 Å². The zero-order valence-electron chi connectivity index (χ0n) is 9.91. The highest BCUT2D eigenvalue weighted by Crippen LogP contribution is 2.21. The molecule has 19 heavy (non-hydrogen) atoms. The van der Waals surface area contributed by atoms with Crippen LogP contribution in [0.5, 0.6) is 11.5 Å². The standard InChI is InChI=1S/C14H11Br2FO2/c15-10-2-1-3-12(8-10)18-6-7-19-14-5-4-11(16)9-13(14)17/h1-5,8-9H,6-7H2. The summed E-state index contributed by atoms with van der Waals surface area (Å²) in [6.07, 6.45) is 0. The predicted octanol–water partition coefficient (Wildman–Crippen LogP) is 4.81. The average molecular weight is 390 g/mol. The van der Waals surface area contributed by atoms with E-state index in [2.05, 4.69) is 31.9 Å². The lowest BCUT2D eigenvalue weighted by Crippen LogP contribution is -2.09. The summed E-state index contributed by atoms with van der Waals surface area (Å²) >= 11 is 6.55. The Hall–Kier alpha value is -1.07. The van der Waals surface area contributed by atoms with E-state index in [1.54, 1.807) is 12.1 Å². The SMILES string of the molecule is Fc1cc(Br)ccc1OCCOc1cccc(Br)c1. The van der Waals surface area contributed by atoms with E-state index in [1.807, 2.05) is 24.3 Å². The smallest absolute Gasteiger partial charge is 0.166 e. The predicted molar refractivity (Wildman–Crippen MR) is 79.2 cm³/mol. The lowest BCUT2D eigenvalue weighted by Gasteiger charge is -2.09. The first kappa shape index (κ1) is 14.3. The summed E-state index contributed by atoms with van der Waals surface area (Å²) in [6.45, 7) is 0.636. The first-order chi connectivity index (χ1) is 9.15. The highest BCUT2D eigenvalue weighted by Gasteiger charge is 2.03. The Morgan fingerprint density at radius 2 is 1.63 bits per heavy atom. The molecule has 0 aliphatic carbocycles. The number of halogens is 3. The van der Waals surface area contributed by atoms with Crippen LogP contribution in [0.2, 0.25) is 0 Å². The molecule has 0 bridgehead atoms. The van der Waals surface area contributed by atoms with Crippen molar-refractivity contribution in [1.29, 1.82) is 0 Å². The van der Waals surface area contributed by atoms with Gasteiger partial charge >= 0.3 is 0 Å². The molecule has 0 atom stereocenters. The zero-order chi connectivity index (χ0) is 13.7. The van der Waals surface area contributed by atoms with E-state index >= 15 is 0 Å². The van der Waals surface area contributed by atoms with Gasteiger partial charge in [-0.3, -0.25) is 0 Å². The molecule has 0 aromatic heterocycles. The van der Waals surface area contributed by atoms with Gasteiger partial charge in [0.15, 0.2) is 11.6 Å². The topological polar surface area (TPSA) is 18.5 Å².